The van der Waals surface area contributed by atoms with Crippen molar-refractivity contribution >= 4 is 17.8 Å². The molecule has 1 aromatic heterocycles. The number of nitrogens with two attached hydrogens (primary N) is 1. The third kappa shape index (κ3) is 3.90. The summed E-state index contributed by atoms with van der Waals surface area (Å²) >= 11 is 0. The summed E-state index contributed by atoms with van der Waals surface area (Å²) in [7, 11) is 4.05. The van der Waals surface area contributed by atoms with Gasteiger partial charge in [0.1, 0.15) is 0 Å². The zero-order valence-corrected chi connectivity index (χ0v) is 11.6. The number of likely N-dealkylation sites (N-methyl/N-ethyl adjacent to an activating group) is 1. The van der Waals surface area contributed by atoms with E-state index in [9.17, 15) is 0 Å². The van der Waals surface area contributed by atoms with E-state index in [1.165, 1.54) is 12.8 Å². The maximum absolute atomic E-state index is 5.41. The Morgan fingerprint density at radius 1 is 1.16 bits per heavy atom. The van der Waals surface area contributed by atoms with Crippen molar-refractivity contribution in [2.24, 2.45) is 5.84 Å². The molecule has 0 spiro atoms. The van der Waals surface area contributed by atoms with Crippen LogP contribution in [0.5, 0.6) is 0 Å². The van der Waals surface area contributed by atoms with E-state index in [-0.39, 0.29) is 0 Å². The van der Waals surface area contributed by atoms with Gasteiger partial charge in [-0.1, -0.05) is 0 Å². The molecule has 1 aromatic rings. The molecule has 1 fully saturated rings. The number of hydrogen-bond donors (Lipinski definition) is 3. The number of nitrogens with one attached hydrogen (secondary N) is 2. The van der Waals surface area contributed by atoms with E-state index in [0.29, 0.717) is 17.8 Å². The van der Waals surface area contributed by atoms with Gasteiger partial charge in [0, 0.05) is 26.2 Å². The van der Waals surface area contributed by atoms with Gasteiger partial charge in [-0.05, 0) is 26.9 Å². The van der Waals surface area contributed by atoms with Crippen molar-refractivity contribution in [1.29, 1.82) is 0 Å². The first kappa shape index (κ1) is 13.8. The van der Waals surface area contributed by atoms with Gasteiger partial charge in [0.25, 0.3) is 0 Å². The summed E-state index contributed by atoms with van der Waals surface area (Å²) in [4.78, 5) is 17.2. The molecule has 8 nitrogen and oxygen atoms in total. The zero-order chi connectivity index (χ0) is 13.7. The molecule has 106 valence electrons. The third-order valence-corrected chi connectivity index (χ3v) is 2.98. The van der Waals surface area contributed by atoms with Gasteiger partial charge in [0.15, 0.2) is 0 Å². The molecule has 19 heavy (non-hydrogen) atoms. The molecule has 0 unspecified atom stereocenters. The van der Waals surface area contributed by atoms with Crippen LogP contribution in [0.1, 0.15) is 12.8 Å². The lowest BCUT2D eigenvalue weighted by molar-refractivity contribution is 0.425. The molecule has 0 aliphatic carbocycles. The fourth-order valence-electron chi connectivity index (χ4n) is 1.96. The van der Waals surface area contributed by atoms with Gasteiger partial charge in [-0.15, -0.1) is 0 Å². The second-order valence-corrected chi connectivity index (χ2v) is 4.85. The normalized spacial score (nSPS) is 15.1. The van der Waals surface area contributed by atoms with Gasteiger partial charge >= 0.3 is 0 Å². The summed E-state index contributed by atoms with van der Waals surface area (Å²) in [5.41, 5.74) is 2.49. The summed E-state index contributed by atoms with van der Waals surface area (Å²) in [6.45, 7) is 3.67. The van der Waals surface area contributed by atoms with Gasteiger partial charge in [0.2, 0.25) is 17.8 Å². The molecule has 8 heteroatoms. The van der Waals surface area contributed by atoms with Gasteiger partial charge in [0.05, 0.1) is 0 Å². The summed E-state index contributed by atoms with van der Waals surface area (Å²) in [6, 6.07) is 0. The minimum absolute atomic E-state index is 0.393. The first-order chi connectivity index (χ1) is 9.19. The van der Waals surface area contributed by atoms with Crippen LogP contribution < -0.4 is 21.5 Å². The largest absolute Gasteiger partial charge is 0.353 e. The molecule has 2 rings (SSSR count). The molecule has 4 N–H and O–H groups in total. The summed E-state index contributed by atoms with van der Waals surface area (Å²) in [6.07, 6.45) is 2.36. The molecule has 2 heterocycles. The number of nitrogen functional groups attached to an aromatic ring is 1. The molecule has 1 saturated heterocycles. The van der Waals surface area contributed by atoms with Crippen molar-refractivity contribution in [3.8, 4) is 0 Å². The zero-order valence-electron chi connectivity index (χ0n) is 11.6. The minimum Gasteiger partial charge on any atom is -0.353 e. The second-order valence-electron chi connectivity index (χ2n) is 4.85. The van der Waals surface area contributed by atoms with E-state index >= 15 is 0 Å². The van der Waals surface area contributed by atoms with Crippen molar-refractivity contribution < 1.29 is 0 Å². The Morgan fingerprint density at radius 3 is 2.47 bits per heavy atom. The van der Waals surface area contributed by atoms with E-state index in [0.717, 1.165) is 26.2 Å². The first-order valence-electron chi connectivity index (χ1n) is 6.55. The van der Waals surface area contributed by atoms with Crippen LogP contribution in [0.2, 0.25) is 0 Å². The molecular formula is C11H22N8. The Kier molecular flexibility index (Phi) is 4.69. The number of aromatic nitrogens is 3. The highest BCUT2D eigenvalue weighted by molar-refractivity contribution is 5.43. The minimum atomic E-state index is 0.393. The molecule has 0 atom stereocenters. The first-order valence-corrected chi connectivity index (χ1v) is 6.55. The van der Waals surface area contributed by atoms with Gasteiger partial charge in [-0.25, -0.2) is 5.84 Å². The molecule has 0 aromatic carbocycles. The lowest BCUT2D eigenvalue weighted by Crippen LogP contribution is -2.25. The average Bonchev–Trinajstić information content (AvgIpc) is 2.92. The monoisotopic (exact) mass is 266 g/mol. The predicted octanol–water partition coefficient (Wildman–Crippen LogP) is -0.269. The van der Waals surface area contributed by atoms with Gasteiger partial charge in [-0.3, -0.25) is 5.43 Å². The fraction of sp³-hybridized carbons (Fsp3) is 0.727. The quantitative estimate of drug-likeness (QED) is 0.478. The summed E-state index contributed by atoms with van der Waals surface area (Å²) in [5, 5.41) is 3.19. The van der Waals surface area contributed by atoms with Crippen LogP contribution in [-0.2, 0) is 0 Å². The Morgan fingerprint density at radius 2 is 1.84 bits per heavy atom. The lowest BCUT2D eigenvalue weighted by atomic mass is 10.4. The predicted molar refractivity (Wildman–Crippen MR) is 76.1 cm³/mol. The van der Waals surface area contributed by atoms with Crippen LogP contribution in [0.3, 0.4) is 0 Å². The van der Waals surface area contributed by atoms with Crippen LogP contribution in [0, 0.1) is 0 Å². The standard InChI is InChI=1S/C11H22N8/c1-18(2)8-5-13-9-14-10(17-12)16-11(15-9)19-6-3-4-7-19/h3-8,12H2,1-2H3,(H2,13,14,15,16,17). The second kappa shape index (κ2) is 6.48. The molecule has 0 radical (unpaired) electrons. The maximum Gasteiger partial charge on any atom is 0.243 e. The van der Waals surface area contributed by atoms with E-state index in [1.54, 1.807) is 0 Å². The van der Waals surface area contributed by atoms with Crippen LogP contribution >= 0.6 is 0 Å². The SMILES string of the molecule is CN(C)CCNc1nc(NN)nc(N2CCCC2)n1. The van der Waals surface area contributed by atoms with Gasteiger partial charge in [-0.2, -0.15) is 15.0 Å². The topological polar surface area (TPSA) is 95.2 Å². The van der Waals surface area contributed by atoms with Crippen molar-refractivity contribution in [3.63, 3.8) is 0 Å². The molecule has 0 bridgehead atoms. The number of nitrogens with zero attached hydrogens (tertiary/aromatic N) is 5. The number of hydrazine groups is 1. The fourth-order valence-corrected chi connectivity index (χ4v) is 1.96. The van der Waals surface area contributed by atoms with E-state index in [4.69, 9.17) is 5.84 Å². The maximum atomic E-state index is 5.41. The molecule has 1 aliphatic heterocycles. The van der Waals surface area contributed by atoms with E-state index < -0.39 is 0 Å². The highest BCUT2D eigenvalue weighted by atomic mass is 15.4. The van der Waals surface area contributed by atoms with Crippen molar-refractivity contribution in [2.75, 3.05) is 55.9 Å². The third-order valence-electron chi connectivity index (χ3n) is 2.98. The highest BCUT2D eigenvalue weighted by Gasteiger charge is 2.17. The molecule has 0 saturated carbocycles. The van der Waals surface area contributed by atoms with Crippen molar-refractivity contribution in [3.05, 3.63) is 0 Å². The Balaban J connectivity index is 2.06. The smallest absolute Gasteiger partial charge is 0.243 e. The van der Waals surface area contributed by atoms with E-state index in [2.05, 4.69) is 35.5 Å². The summed E-state index contributed by atoms with van der Waals surface area (Å²) < 4.78 is 0. The Labute approximate surface area is 113 Å². The molecular weight excluding hydrogens is 244 g/mol. The van der Waals surface area contributed by atoms with Crippen molar-refractivity contribution in [2.45, 2.75) is 12.8 Å². The van der Waals surface area contributed by atoms with Crippen LogP contribution in [0.4, 0.5) is 17.8 Å². The Bertz CT molecular complexity index is 402. The molecule has 1 aliphatic rings. The van der Waals surface area contributed by atoms with Crippen LogP contribution in [0.25, 0.3) is 0 Å². The highest BCUT2D eigenvalue weighted by Crippen LogP contribution is 2.18. The number of anilines is 3. The molecule has 0 amide bonds. The summed E-state index contributed by atoms with van der Waals surface area (Å²) in [5.74, 6) is 7.05. The van der Waals surface area contributed by atoms with Gasteiger partial charge < -0.3 is 15.1 Å². The number of rotatable bonds is 6. The average molecular weight is 266 g/mol. The van der Waals surface area contributed by atoms with Crippen LogP contribution in [-0.4, -0.2) is 60.1 Å². The Hall–Kier alpha value is -1.67. The lowest BCUT2D eigenvalue weighted by Gasteiger charge is -2.17. The van der Waals surface area contributed by atoms with Crippen molar-refractivity contribution in [1.82, 2.24) is 19.9 Å². The van der Waals surface area contributed by atoms with E-state index in [1.807, 2.05) is 14.1 Å². The van der Waals surface area contributed by atoms with Crippen LogP contribution in [0.15, 0.2) is 0 Å². The number of hydrogen-bond acceptors (Lipinski definition) is 8.